The molecule has 3 rings (SSSR count). The normalized spacial score (nSPS) is 22.2. The molecular weight excluding hydrogens is 310 g/mol. The summed E-state index contributed by atoms with van der Waals surface area (Å²) in [5.41, 5.74) is 0.645. The summed E-state index contributed by atoms with van der Waals surface area (Å²) in [6.45, 7) is 2.17. The Morgan fingerprint density at radius 2 is 1.88 bits per heavy atom. The van der Waals surface area contributed by atoms with Crippen molar-refractivity contribution in [1.29, 1.82) is 0 Å². The summed E-state index contributed by atoms with van der Waals surface area (Å²) < 4.78 is 11.2. The number of rotatable bonds is 4. The second-order valence-electron chi connectivity index (χ2n) is 6.01. The third-order valence-electron chi connectivity index (χ3n) is 4.26. The van der Waals surface area contributed by atoms with Gasteiger partial charge >= 0.3 is 6.03 Å². The fourth-order valence-corrected chi connectivity index (χ4v) is 3.15. The fraction of sp³-hybridized carbons (Fsp3) is 0.529. The van der Waals surface area contributed by atoms with Crippen LogP contribution in [0.2, 0.25) is 0 Å². The maximum atomic E-state index is 12.2. The monoisotopic (exact) mass is 333 g/mol. The van der Waals surface area contributed by atoms with Crippen molar-refractivity contribution < 1.29 is 19.1 Å². The highest BCUT2D eigenvalue weighted by atomic mass is 16.7. The van der Waals surface area contributed by atoms with Gasteiger partial charge in [0, 0.05) is 5.69 Å². The number of imide groups is 1. The minimum absolute atomic E-state index is 0.0733. The predicted molar refractivity (Wildman–Crippen MR) is 88.5 cm³/mol. The molecule has 0 bridgehead atoms. The Bertz CT molecular complexity index is 560. The average molecular weight is 333 g/mol. The zero-order chi connectivity index (χ0) is 16.8. The second-order valence-corrected chi connectivity index (χ2v) is 6.01. The van der Waals surface area contributed by atoms with Gasteiger partial charge in [0.25, 0.3) is 0 Å². The molecule has 7 heteroatoms. The van der Waals surface area contributed by atoms with Crippen molar-refractivity contribution in [2.75, 3.05) is 31.6 Å². The summed E-state index contributed by atoms with van der Waals surface area (Å²) in [6.07, 6.45) is 2.80. The molecule has 130 valence electrons. The van der Waals surface area contributed by atoms with Crippen LogP contribution in [0, 0.1) is 0 Å². The summed E-state index contributed by atoms with van der Waals surface area (Å²) in [4.78, 5) is 26.1. The van der Waals surface area contributed by atoms with Gasteiger partial charge in [-0.25, -0.2) is 4.79 Å². The Morgan fingerprint density at radius 1 is 1.12 bits per heavy atom. The van der Waals surface area contributed by atoms with Crippen LogP contribution < -0.4 is 10.6 Å². The maximum Gasteiger partial charge on any atom is 0.325 e. The first-order chi connectivity index (χ1) is 11.7. The Balaban J connectivity index is 1.50. The number of carbonyl (C=O) groups excluding carboxylic acids is 2. The van der Waals surface area contributed by atoms with Crippen molar-refractivity contribution in [2.45, 2.75) is 31.6 Å². The molecule has 0 unspecified atom stereocenters. The first kappa shape index (κ1) is 16.9. The molecule has 2 fully saturated rings. The van der Waals surface area contributed by atoms with Gasteiger partial charge in [-0.05, 0) is 31.5 Å². The van der Waals surface area contributed by atoms with Gasteiger partial charge in [0.05, 0.1) is 25.8 Å². The zero-order valence-electron chi connectivity index (χ0n) is 13.6. The van der Waals surface area contributed by atoms with Crippen molar-refractivity contribution >= 4 is 17.6 Å². The van der Waals surface area contributed by atoms with E-state index in [1.165, 1.54) is 0 Å². The Kier molecular flexibility index (Phi) is 5.79. The van der Waals surface area contributed by atoms with Gasteiger partial charge in [-0.3, -0.25) is 15.0 Å². The van der Waals surface area contributed by atoms with Crippen molar-refractivity contribution in [3.05, 3.63) is 30.3 Å². The molecule has 2 heterocycles. The molecule has 0 aromatic heterocycles. The molecule has 0 radical (unpaired) electrons. The van der Waals surface area contributed by atoms with Crippen molar-refractivity contribution in [3.63, 3.8) is 0 Å². The number of amides is 3. The lowest BCUT2D eigenvalue weighted by atomic mass is 10.0. The minimum atomic E-state index is -0.520. The van der Waals surface area contributed by atoms with Gasteiger partial charge in [-0.1, -0.05) is 24.6 Å². The lowest BCUT2D eigenvalue weighted by molar-refractivity contribution is -0.130. The molecule has 0 aliphatic carbocycles. The molecule has 1 aromatic carbocycles. The van der Waals surface area contributed by atoms with E-state index in [0.29, 0.717) is 18.9 Å². The largest absolute Gasteiger partial charge is 0.349 e. The van der Waals surface area contributed by atoms with Crippen LogP contribution in [-0.4, -0.2) is 55.5 Å². The number of urea groups is 1. The lowest BCUT2D eigenvalue weighted by Crippen LogP contribution is -2.51. The molecule has 7 nitrogen and oxygen atoms in total. The van der Waals surface area contributed by atoms with Gasteiger partial charge in [-0.15, -0.1) is 0 Å². The molecule has 2 aliphatic heterocycles. The van der Waals surface area contributed by atoms with E-state index in [-0.39, 0.29) is 24.8 Å². The summed E-state index contributed by atoms with van der Waals surface area (Å²) in [5, 5.41) is 5.01. The van der Waals surface area contributed by atoms with E-state index in [1.807, 2.05) is 23.1 Å². The summed E-state index contributed by atoms with van der Waals surface area (Å²) in [5.74, 6) is -0.326. The van der Waals surface area contributed by atoms with E-state index in [0.717, 1.165) is 25.8 Å². The van der Waals surface area contributed by atoms with Crippen molar-refractivity contribution in [2.24, 2.45) is 0 Å². The number of nitrogens with one attached hydrogen (secondary N) is 2. The molecule has 1 atom stereocenters. The number of ether oxygens (including phenoxy) is 2. The van der Waals surface area contributed by atoms with Crippen LogP contribution in [0.1, 0.15) is 19.3 Å². The highest BCUT2D eigenvalue weighted by molar-refractivity contribution is 6.01. The van der Waals surface area contributed by atoms with Gasteiger partial charge < -0.3 is 14.8 Å². The van der Waals surface area contributed by atoms with E-state index < -0.39 is 6.03 Å². The summed E-state index contributed by atoms with van der Waals surface area (Å²) in [6, 6.07) is 8.57. The first-order valence-corrected chi connectivity index (χ1v) is 8.35. The molecule has 2 saturated heterocycles. The van der Waals surface area contributed by atoms with E-state index in [4.69, 9.17) is 9.47 Å². The van der Waals surface area contributed by atoms with Gasteiger partial charge in [0.1, 0.15) is 0 Å². The summed E-state index contributed by atoms with van der Waals surface area (Å²) in [7, 11) is 0. The van der Waals surface area contributed by atoms with Crippen LogP contribution in [0.3, 0.4) is 0 Å². The SMILES string of the molecule is O=C(CN1CCCC[C@H]1C1OCCO1)NC(=O)Nc1ccccc1. The highest BCUT2D eigenvalue weighted by Gasteiger charge is 2.34. The van der Waals surface area contributed by atoms with E-state index in [9.17, 15) is 9.59 Å². The molecule has 3 amide bonds. The number of benzene rings is 1. The summed E-state index contributed by atoms with van der Waals surface area (Å²) >= 11 is 0. The third kappa shape index (κ3) is 4.53. The average Bonchev–Trinajstić information content (AvgIpc) is 3.10. The van der Waals surface area contributed by atoms with Gasteiger partial charge in [0.15, 0.2) is 6.29 Å². The molecule has 0 spiro atoms. The smallest absolute Gasteiger partial charge is 0.325 e. The Morgan fingerprint density at radius 3 is 2.62 bits per heavy atom. The number of carbonyl (C=O) groups is 2. The number of likely N-dealkylation sites (tertiary alicyclic amines) is 1. The molecular formula is C17H23N3O4. The molecule has 1 aromatic rings. The van der Waals surface area contributed by atoms with E-state index in [1.54, 1.807) is 12.1 Å². The van der Waals surface area contributed by atoms with Crippen LogP contribution in [0.5, 0.6) is 0 Å². The van der Waals surface area contributed by atoms with Crippen LogP contribution in [0.25, 0.3) is 0 Å². The van der Waals surface area contributed by atoms with Crippen molar-refractivity contribution in [1.82, 2.24) is 10.2 Å². The van der Waals surface area contributed by atoms with Gasteiger partial charge in [0.2, 0.25) is 5.91 Å². The molecule has 2 aliphatic rings. The highest BCUT2D eigenvalue weighted by Crippen LogP contribution is 2.23. The zero-order valence-corrected chi connectivity index (χ0v) is 13.6. The molecule has 24 heavy (non-hydrogen) atoms. The maximum absolute atomic E-state index is 12.2. The quantitative estimate of drug-likeness (QED) is 0.874. The Hall–Kier alpha value is -1.96. The molecule has 2 N–H and O–H groups in total. The standard InChI is InChI=1S/C17H23N3O4/c21-15(19-17(22)18-13-6-2-1-3-7-13)12-20-9-5-4-8-14(20)16-23-10-11-24-16/h1-3,6-7,14,16H,4-5,8-12H2,(H2,18,19,21,22)/t14-/m0/s1. The minimum Gasteiger partial charge on any atom is -0.349 e. The van der Waals surface area contributed by atoms with E-state index >= 15 is 0 Å². The van der Waals surface area contributed by atoms with E-state index in [2.05, 4.69) is 10.6 Å². The number of hydrogen-bond acceptors (Lipinski definition) is 5. The first-order valence-electron chi connectivity index (χ1n) is 8.35. The predicted octanol–water partition coefficient (Wildman–Crippen LogP) is 1.56. The number of para-hydroxylation sites is 1. The fourth-order valence-electron chi connectivity index (χ4n) is 3.15. The Labute approximate surface area is 141 Å². The third-order valence-corrected chi connectivity index (χ3v) is 4.26. The topological polar surface area (TPSA) is 79.9 Å². The lowest BCUT2D eigenvalue weighted by Gasteiger charge is -2.37. The van der Waals surface area contributed by atoms with Gasteiger partial charge in [-0.2, -0.15) is 0 Å². The number of nitrogens with zero attached hydrogens (tertiary/aromatic N) is 1. The number of hydrogen-bond donors (Lipinski definition) is 2. The van der Waals surface area contributed by atoms with Crippen molar-refractivity contribution in [3.8, 4) is 0 Å². The van der Waals surface area contributed by atoms with Crippen LogP contribution in [0.15, 0.2) is 30.3 Å². The van der Waals surface area contributed by atoms with Crippen LogP contribution in [-0.2, 0) is 14.3 Å². The second kappa shape index (κ2) is 8.23. The number of anilines is 1. The van der Waals surface area contributed by atoms with Crippen LogP contribution >= 0.6 is 0 Å². The molecule has 0 saturated carbocycles. The number of piperidine rings is 1. The van der Waals surface area contributed by atoms with Crippen LogP contribution in [0.4, 0.5) is 10.5 Å².